The van der Waals surface area contributed by atoms with Crippen molar-refractivity contribution in [3.05, 3.63) is 28.8 Å². The Balaban J connectivity index is 2.61. The monoisotopic (exact) mass is 285 g/mol. The van der Waals surface area contributed by atoms with E-state index in [2.05, 4.69) is 22.9 Å². The summed E-state index contributed by atoms with van der Waals surface area (Å²) in [7, 11) is 0. The zero-order valence-corrected chi connectivity index (χ0v) is 11.2. The van der Waals surface area contributed by atoms with Crippen LogP contribution in [0.3, 0.4) is 0 Å². The van der Waals surface area contributed by atoms with Crippen LogP contribution in [0, 0.1) is 6.92 Å². The van der Waals surface area contributed by atoms with Gasteiger partial charge in [0.25, 0.3) is 0 Å². The smallest absolute Gasteiger partial charge is 0.313 e. The summed E-state index contributed by atoms with van der Waals surface area (Å²) in [5.41, 5.74) is 6.53. The maximum absolute atomic E-state index is 11.5. The normalized spacial score (nSPS) is 9.67. The predicted octanol–water partition coefficient (Wildman–Crippen LogP) is 0.989. The molecule has 18 heavy (non-hydrogen) atoms. The number of carbonyl (C=O) groups is 2. The van der Waals surface area contributed by atoms with Crippen molar-refractivity contribution in [2.75, 3.05) is 11.9 Å². The second-order valence-corrected chi connectivity index (χ2v) is 4.50. The molecule has 1 aromatic carbocycles. The largest absolute Gasteiger partial charge is 0.392 e. The van der Waals surface area contributed by atoms with Crippen molar-refractivity contribution < 1.29 is 9.59 Å². The zero-order chi connectivity index (χ0) is 13.7. The molecule has 96 valence electrons. The van der Waals surface area contributed by atoms with E-state index in [0.717, 1.165) is 5.56 Å². The highest BCUT2D eigenvalue weighted by Crippen LogP contribution is 2.19. The van der Waals surface area contributed by atoms with Crippen LogP contribution >= 0.6 is 23.8 Å². The summed E-state index contributed by atoms with van der Waals surface area (Å²) in [6, 6.07) is 4.96. The minimum Gasteiger partial charge on any atom is -0.392 e. The van der Waals surface area contributed by atoms with Gasteiger partial charge in [0, 0.05) is 10.7 Å². The van der Waals surface area contributed by atoms with Crippen molar-refractivity contribution in [1.29, 1.82) is 0 Å². The van der Waals surface area contributed by atoms with Crippen LogP contribution in [0.4, 0.5) is 5.69 Å². The SMILES string of the molecule is Cc1ccc(NC(=O)C(=O)NCC(N)=S)cc1Cl. The third kappa shape index (κ3) is 4.31. The van der Waals surface area contributed by atoms with Gasteiger partial charge in [0.2, 0.25) is 0 Å². The van der Waals surface area contributed by atoms with Gasteiger partial charge in [-0.05, 0) is 24.6 Å². The Morgan fingerprint density at radius 1 is 1.39 bits per heavy atom. The number of anilines is 1. The number of halogens is 1. The summed E-state index contributed by atoms with van der Waals surface area (Å²) >= 11 is 10.5. The van der Waals surface area contributed by atoms with Crippen molar-refractivity contribution in [3.8, 4) is 0 Å². The lowest BCUT2D eigenvalue weighted by Crippen LogP contribution is -2.39. The number of amides is 2. The highest BCUT2D eigenvalue weighted by Gasteiger charge is 2.13. The molecule has 0 aliphatic carbocycles. The molecule has 0 bridgehead atoms. The van der Waals surface area contributed by atoms with Gasteiger partial charge >= 0.3 is 11.8 Å². The van der Waals surface area contributed by atoms with Gasteiger partial charge in [-0.3, -0.25) is 9.59 Å². The third-order valence-electron chi connectivity index (χ3n) is 2.06. The van der Waals surface area contributed by atoms with E-state index in [4.69, 9.17) is 17.3 Å². The van der Waals surface area contributed by atoms with Crippen LogP contribution in [-0.2, 0) is 9.59 Å². The summed E-state index contributed by atoms with van der Waals surface area (Å²) in [5, 5.41) is 5.20. The van der Waals surface area contributed by atoms with Gasteiger partial charge in [0.15, 0.2) is 0 Å². The lowest BCUT2D eigenvalue weighted by molar-refractivity contribution is -0.135. The van der Waals surface area contributed by atoms with E-state index in [1.54, 1.807) is 18.2 Å². The topological polar surface area (TPSA) is 84.2 Å². The molecule has 0 aliphatic heterocycles. The van der Waals surface area contributed by atoms with Crippen molar-refractivity contribution in [1.82, 2.24) is 5.32 Å². The fraction of sp³-hybridized carbons (Fsp3) is 0.182. The molecule has 4 N–H and O–H groups in total. The fourth-order valence-electron chi connectivity index (χ4n) is 1.11. The molecular weight excluding hydrogens is 274 g/mol. The van der Waals surface area contributed by atoms with Crippen LogP contribution in [-0.4, -0.2) is 23.3 Å². The number of nitrogens with two attached hydrogens (primary N) is 1. The standard InChI is InChI=1S/C11H12ClN3O2S/c1-6-2-3-7(4-8(6)12)15-11(17)10(16)14-5-9(13)18/h2-4H,5H2,1H3,(H2,13,18)(H,14,16)(H,15,17). The molecule has 0 atom stereocenters. The average molecular weight is 286 g/mol. The lowest BCUT2D eigenvalue weighted by Gasteiger charge is -2.07. The van der Waals surface area contributed by atoms with Gasteiger partial charge < -0.3 is 16.4 Å². The molecule has 0 heterocycles. The first-order valence-electron chi connectivity index (χ1n) is 5.04. The average Bonchev–Trinajstić information content (AvgIpc) is 2.30. The summed E-state index contributed by atoms with van der Waals surface area (Å²) in [4.78, 5) is 22.9. The molecule has 0 aromatic heterocycles. The molecular formula is C11H12ClN3O2S. The molecule has 1 rings (SSSR count). The number of aryl methyl sites for hydroxylation is 1. The summed E-state index contributed by atoms with van der Waals surface area (Å²) in [6.45, 7) is 1.82. The van der Waals surface area contributed by atoms with Crippen LogP contribution in [0.15, 0.2) is 18.2 Å². The molecule has 1 aromatic rings. The molecule has 0 unspecified atom stereocenters. The van der Waals surface area contributed by atoms with Gasteiger partial charge in [-0.2, -0.15) is 0 Å². The first-order valence-corrected chi connectivity index (χ1v) is 5.82. The van der Waals surface area contributed by atoms with Gasteiger partial charge in [-0.15, -0.1) is 0 Å². The zero-order valence-electron chi connectivity index (χ0n) is 9.62. The third-order valence-corrected chi connectivity index (χ3v) is 2.61. The van der Waals surface area contributed by atoms with Crippen LogP contribution < -0.4 is 16.4 Å². The highest BCUT2D eigenvalue weighted by molar-refractivity contribution is 7.80. The second-order valence-electron chi connectivity index (χ2n) is 3.57. The highest BCUT2D eigenvalue weighted by atomic mass is 35.5. The molecule has 0 aliphatic rings. The summed E-state index contributed by atoms with van der Waals surface area (Å²) in [5.74, 6) is -1.61. The van der Waals surface area contributed by atoms with Crippen LogP contribution in [0.1, 0.15) is 5.56 Å². The van der Waals surface area contributed by atoms with Crippen LogP contribution in [0.5, 0.6) is 0 Å². The molecule has 0 fully saturated rings. The van der Waals surface area contributed by atoms with Gasteiger partial charge in [-0.25, -0.2) is 0 Å². The van der Waals surface area contributed by atoms with Gasteiger partial charge in [-0.1, -0.05) is 29.9 Å². The van der Waals surface area contributed by atoms with E-state index >= 15 is 0 Å². The van der Waals surface area contributed by atoms with Gasteiger partial charge in [0.05, 0.1) is 11.5 Å². The first kappa shape index (κ1) is 14.4. The fourth-order valence-corrected chi connectivity index (χ4v) is 1.36. The van der Waals surface area contributed by atoms with Crippen LogP contribution in [0.25, 0.3) is 0 Å². The molecule has 0 spiro atoms. The molecule has 0 radical (unpaired) electrons. The Hall–Kier alpha value is -1.66. The van der Waals surface area contributed by atoms with Crippen molar-refractivity contribution in [2.45, 2.75) is 6.92 Å². The number of benzene rings is 1. The Labute approximate surface area is 115 Å². The summed E-state index contributed by atoms with van der Waals surface area (Å²) < 4.78 is 0. The number of hydrogen-bond donors (Lipinski definition) is 3. The molecule has 5 nitrogen and oxygen atoms in total. The minimum atomic E-state index is -0.806. The Morgan fingerprint density at radius 2 is 2.06 bits per heavy atom. The molecule has 7 heteroatoms. The van der Waals surface area contributed by atoms with Crippen molar-refractivity contribution >= 4 is 46.3 Å². The predicted molar refractivity (Wildman–Crippen MR) is 74.6 cm³/mol. The molecule has 2 amide bonds. The first-order chi connectivity index (χ1) is 8.40. The van der Waals surface area contributed by atoms with E-state index < -0.39 is 11.8 Å². The number of carbonyl (C=O) groups excluding carboxylic acids is 2. The quantitative estimate of drug-likeness (QED) is 0.571. The Bertz CT molecular complexity index is 505. The second kappa shape index (κ2) is 6.32. The van der Waals surface area contributed by atoms with E-state index in [1.807, 2.05) is 6.92 Å². The van der Waals surface area contributed by atoms with E-state index in [9.17, 15) is 9.59 Å². The maximum atomic E-state index is 11.5. The Morgan fingerprint density at radius 3 is 2.61 bits per heavy atom. The van der Waals surface area contributed by atoms with E-state index in [-0.39, 0.29) is 11.5 Å². The van der Waals surface area contributed by atoms with Crippen LogP contribution in [0.2, 0.25) is 5.02 Å². The maximum Gasteiger partial charge on any atom is 0.313 e. The minimum absolute atomic E-state index is 0.0176. The Kier molecular flexibility index (Phi) is 5.06. The van der Waals surface area contributed by atoms with Gasteiger partial charge in [0.1, 0.15) is 0 Å². The number of thiocarbonyl (C=S) groups is 1. The molecule has 0 saturated carbocycles. The summed E-state index contributed by atoms with van der Waals surface area (Å²) in [6.07, 6.45) is 0. The number of rotatable bonds is 3. The number of nitrogens with one attached hydrogen (secondary N) is 2. The van der Waals surface area contributed by atoms with Crippen molar-refractivity contribution in [2.24, 2.45) is 5.73 Å². The van der Waals surface area contributed by atoms with E-state index in [1.165, 1.54) is 0 Å². The molecule has 0 saturated heterocycles. The van der Waals surface area contributed by atoms with E-state index in [0.29, 0.717) is 10.7 Å². The lowest BCUT2D eigenvalue weighted by atomic mass is 10.2. The van der Waals surface area contributed by atoms with Crippen molar-refractivity contribution in [3.63, 3.8) is 0 Å². The number of hydrogen-bond acceptors (Lipinski definition) is 3.